The molecule has 1 saturated carbocycles. The van der Waals surface area contributed by atoms with Crippen LogP contribution in [0, 0.1) is 11.3 Å². The minimum Gasteiger partial charge on any atom is -0.490 e. The highest BCUT2D eigenvalue weighted by Crippen LogP contribution is 2.31. The maximum atomic E-state index is 9.01. The first-order chi connectivity index (χ1) is 9.76. The van der Waals surface area contributed by atoms with Gasteiger partial charge in [0.2, 0.25) is 0 Å². The second-order valence-electron chi connectivity index (χ2n) is 5.27. The van der Waals surface area contributed by atoms with Crippen molar-refractivity contribution in [1.29, 1.82) is 5.26 Å². The fourth-order valence-corrected chi connectivity index (χ4v) is 3.07. The Hall–Kier alpha value is -1.09. The lowest BCUT2D eigenvalue weighted by atomic mass is 9.87. The number of rotatable bonds is 3. The number of halogens is 1. The molecule has 1 aromatic rings. The summed E-state index contributed by atoms with van der Waals surface area (Å²) in [5.74, 6) is 0.787. The van der Waals surface area contributed by atoms with E-state index in [0.29, 0.717) is 11.6 Å². The van der Waals surface area contributed by atoms with Gasteiger partial charge in [-0.3, -0.25) is 4.90 Å². The van der Waals surface area contributed by atoms with Gasteiger partial charge in [-0.05, 0) is 34.1 Å². The van der Waals surface area contributed by atoms with Crippen LogP contribution in [-0.4, -0.2) is 43.3 Å². The topological polar surface area (TPSA) is 45.5 Å². The van der Waals surface area contributed by atoms with E-state index in [9.17, 15) is 0 Å². The fourth-order valence-electron chi connectivity index (χ4n) is 2.73. The molecule has 0 N–H and O–H groups in total. The fraction of sp³-hybridized carbons (Fsp3) is 0.533. The van der Waals surface area contributed by atoms with Crippen LogP contribution in [0.15, 0.2) is 22.7 Å². The van der Waals surface area contributed by atoms with Gasteiger partial charge < -0.3 is 9.47 Å². The van der Waals surface area contributed by atoms with Gasteiger partial charge in [0.15, 0.2) is 0 Å². The van der Waals surface area contributed by atoms with Crippen LogP contribution in [0.2, 0.25) is 0 Å². The molecule has 0 aromatic heterocycles. The molecule has 1 aliphatic carbocycles. The summed E-state index contributed by atoms with van der Waals surface area (Å²) in [6.45, 7) is 3.77. The van der Waals surface area contributed by atoms with Crippen LogP contribution in [-0.2, 0) is 4.74 Å². The maximum absolute atomic E-state index is 9.01. The van der Waals surface area contributed by atoms with Crippen molar-refractivity contribution in [2.24, 2.45) is 0 Å². The standard InChI is InChI=1S/C15H17BrN2O2/c16-15-2-1-13(7-11(15)10-17)20-14-8-12(9-14)18-3-5-19-6-4-18/h1-2,7,12,14H,3-6,8-9H2/t12-,14-. The highest BCUT2D eigenvalue weighted by Gasteiger charge is 2.35. The summed E-state index contributed by atoms with van der Waals surface area (Å²) in [6.07, 6.45) is 2.41. The Balaban J connectivity index is 1.52. The minimum atomic E-state index is 0.274. The van der Waals surface area contributed by atoms with Crippen molar-refractivity contribution in [3.63, 3.8) is 0 Å². The molecule has 0 bridgehead atoms. The molecule has 20 heavy (non-hydrogen) atoms. The number of benzene rings is 1. The third-order valence-electron chi connectivity index (χ3n) is 3.99. The zero-order chi connectivity index (χ0) is 13.9. The smallest absolute Gasteiger partial charge is 0.121 e. The lowest BCUT2D eigenvalue weighted by Gasteiger charge is -2.44. The lowest BCUT2D eigenvalue weighted by molar-refractivity contribution is -0.0373. The third-order valence-corrected chi connectivity index (χ3v) is 4.68. The molecular formula is C15H17BrN2O2. The van der Waals surface area contributed by atoms with Gasteiger partial charge in [-0.15, -0.1) is 0 Å². The van der Waals surface area contributed by atoms with E-state index in [1.165, 1.54) is 0 Å². The number of nitrogens with zero attached hydrogens (tertiary/aromatic N) is 2. The Morgan fingerprint density at radius 3 is 2.75 bits per heavy atom. The second-order valence-corrected chi connectivity index (χ2v) is 6.12. The van der Waals surface area contributed by atoms with Crippen LogP contribution in [0.1, 0.15) is 18.4 Å². The Kier molecular flexibility index (Phi) is 4.25. The van der Waals surface area contributed by atoms with Gasteiger partial charge in [-0.2, -0.15) is 5.26 Å². The molecule has 106 valence electrons. The molecule has 0 atom stereocenters. The van der Waals surface area contributed by atoms with E-state index in [4.69, 9.17) is 14.7 Å². The van der Waals surface area contributed by atoms with Crippen LogP contribution in [0.4, 0.5) is 0 Å². The molecule has 5 heteroatoms. The Morgan fingerprint density at radius 2 is 2.05 bits per heavy atom. The molecule has 1 aromatic carbocycles. The average molecular weight is 337 g/mol. The number of nitriles is 1. The van der Waals surface area contributed by atoms with Gasteiger partial charge in [-0.25, -0.2) is 0 Å². The first kappa shape index (κ1) is 13.9. The zero-order valence-corrected chi connectivity index (χ0v) is 12.8. The average Bonchev–Trinajstić information content (AvgIpc) is 2.45. The summed E-state index contributed by atoms with van der Waals surface area (Å²) in [5, 5.41) is 9.01. The zero-order valence-electron chi connectivity index (χ0n) is 11.2. The number of hydrogen-bond donors (Lipinski definition) is 0. The highest BCUT2D eigenvalue weighted by atomic mass is 79.9. The number of ether oxygens (including phenoxy) is 2. The third kappa shape index (κ3) is 2.98. The summed E-state index contributed by atoms with van der Waals surface area (Å²) >= 11 is 3.35. The molecule has 0 amide bonds. The molecule has 1 saturated heterocycles. The first-order valence-electron chi connectivity index (χ1n) is 6.94. The van der Waals surface area contributed by atoms with Gasteiger partial charge in [0, 0.05) is 36.4 Å². The summed E-state index contributed by atoms with van der Waals surface area (Å²) in [7, 11) is 0. The van der Waals surface area contributed by atoms with Crippen LogP contribution >= 0.6 is 15.9 Å². The molecule has 0 radical (unpaired) electrons. The summed E-state index contributed by atoms with van der Waals surface area (Å²) in [6, 6.07) is 8.37. The molecule has 1 heterocycles. The molecule has 3 rings (SSSR count). The summed E-state index contributed by atoms with van der Waals surface area (Å²) < 4.78 is 12.1. The molecule has 2 aliphatic rings. The summed E-state index contributed by atoms with van der Waals surface area (Å²) in [4.78, 5) is 2.49. The van der Waals surface area contributed by atoms with Gasteiger partial charge >= 0.3 is 0 Å². The largest absolute Gasteiger partial charge is 0.490 e. The number of morpholine rings is 1. The normalized spacial score (nSPS) is 26.6. The monoisotopic (exact) mass is 336 g/mol. The molecule has 4 nitrogen and oxygen atoms in total. The van der Waals surface area contributed by atoms with E-state index in [2.05, 4.69) is 26.9 Å². The van der Waals surface area contributed by atoms with Gasteiger partial charge in [0.05, 0.1) is 18.8 Å². The van der Waals surface area contributed by atoms with E-state index in [1.807, 2.05) is 12.1 Å². The van der Waals surface area contributed by atoms with Crippen molar-refractivity contribution in [3.05, 3.63) is 28.2 Å². The number of hydrogen-bond acceptors (Lipinski definition) is 4. The minimum absolute atomic E-state index is 0.274. The predicted molar refractivity (Wildman–Crippen MR) is 78.7 cm³/mol. The summed E-state index contributed by atoms with van der Waals surface area (Å²) in [5.41, 5.74) is 0.617. The quantitative estimate of drug-likeness (QED) is 0.850. The van der Waals surface area contributed by atoms with Crippen molar-refractivity contribution in [1.82, 2.24) is 4.90 Å². The van der Waals surface area contributed by atoms with Crippen molar-refractivity contribution in [2.45, 2.75) is 25.0 Å². The van der Waals surface area contributed by atoms with E-state index >= 15 is 0 Å². The lowest BCUT2D eigenvalue weighted by Crippen LogP contribution is -2.52. The van der Waals surface area contributed by atoms with Gasteiger partial charge in [-0.1, -0.05) is 0 Å². The SMILES string of the molecule is N#Cc1cc(O[C@H]2C[C@H](N3CCOCC3)C2)ccc1Br. The van der Waals surface area contributed by atoms with Crippen molar-refractivity contribution >= 4 is 15.9 Å². The van der Waals surface area contributed by atoms with Gasteiger partial charge in [0.25, 0.3) is 0 Å². The predicted octanol–water partition coefficient (Wildman–Crippen LogP) is 2.56. The Bertz CT molecular complexity index is 517. The molecule has 1 aliphatic heterocycles. The van der Waals surface area contributed by atoms with Crippen molar-refractivity contribution < 1.29 is 9.47 Å². The second kappa shape index (κ2) is 6.13. The Labute approximate surface area is 127 Å². The molecular weight excluding hydrogens is 320 g/mol. The first-order valence-corrected chi connectivity index (χ1v) is 7.73. The van der Waals surface area contributed by atoms with Gasteiger partial charge in [0.1, 0.15) is 17.9 Å². The van der Waals surface area contributed by atoms with E-state index in [0.717, 1.165) is 49.4 Å². The Morgan fingerprint density at radius 1 is 1.30 bits per heavy atom. The molecule has 2 fully saturated rings. The van der Waals surface area contributed by atoms with Crippen LogP contribution < -0.4 is 4.74 Å². The van der Waals surface area contributed by atoms with Crippen molar-refractivity contribution in [2.75, 3.05) is 26.3 Å². The van der Waals surface area contributed by atoms with E-state index < -0.39 is 0 Å². The molecule has 0 spiro atoms. The van der Waals surface area contributed by atoms with Crippen molar-refractivity contribution in [3.8, 4) is 11.8 Å². The molecule has 0 unspecified atom stereocenters. The van der Waals surface area contributed by atoms with Crippen LogP contribution in [0.25, 0.3) is 0 Å². The van der Waals surface area contributed by atoms with E-state index in [-0.39, 0.29) is 6.10 Å². The van der Waals surface area contributed by atoms with E-state index in [1.54, 1.807) is 6.07 Å². The maximum Gasteiger partial charge on any atom is 0.121 e. The highest BCUT2D eigenvalue weighted by molar-refractivity contribution is 9.10. The van der Waals surface area contributed by atoms with Crippen LogP contribution in [0.3, 0.4) is 0 Å². The van der Waals surface area contributed by atoms with Crippen LogP contribution in [0.5, 0.6) is 5.75 Å².